The SMILES string of the molecule is C[C@H](Cc1ccc(Sc2cccc(Oc3cccc(C(=O)O)c3)c2)cc1)NC(=O)C(F)(F)F. The fraction of sp³-hybridized carbons (Fsp3) is 0.167. The zero-order chi connectivity index (χ0) is 24.0. The number of hydrogen-bond donors (Lipinski definition) is 2. The van der Waals surface area contributed by atoms with Gasteiger partial charge in [0.1, 0.15) is 11.5 Å². The van der Waals surface area contributed by atoms with Gasteiger partial charge in [0.25, 0.3) is 0 Å². The zero-order valence-corrected chi connectivity index (χ0v) is 18.2. The van der Waals surface area contributed by atoms with Crippen LogP contribution in [0.4, 0.5) is 13.2 Å². The summed E-state index contributed by atoms with van der Waals surface area (Å²) in [5.74, 6) is -2.02. The number of carboxylic acid groups (broad SMARTS) is 1. The zero-order valence-electron chi connectivity index (χ0n) is 17.4. The second kappa shape index (κ2) is 10.4. The van der Waals surface area contributed by atoms with Crippen LogP contribution in [0.5, 0.6) is 11.5 Å². The van der Waals surface area contributed by atoms with Crippen molar-refractivity contribution in [3.8, 4) is 11.5 Å². The topological polar surface area (TPSA) is 75.6 Å². The molecule has 0 aromatic heterocycles. The van der Waals surface area contributed by atoms with Crippen molar-refractivity contribution < 1.29 is 32.6 Å². The predicted molar refractivity (Wildman–Crippen MR) is 118 cm³/mol. The average Bonchev–Trinajstić information content (AvgIpc) is 2.75. The minimum absolute atomic E-state index is 0.130. The molecule has 0 radical (unpaired) electrons. The van der Waals surface area contributed by atoms with Crippen molar-refractivity contribution >= 4 is 23.6 Å². The lowest BCUT2D eigenvalue weighted by Crippen LogP contribution is -2.42. The molecule has 0 spiro atoms. The van der Waals surface area contributed by atoms with E-state index in [9.17, 15) is 22.8 Å². The number of ether oxygens (including phenoxy) is 1. The number of nitrogens with one attached hydrogen (secondary N) is 1. The van der Waals surface area contributed by atoms with Gasteiger partial charge in [-0.1, -0.05) is 36.0 Å². The van der Waals surface area contributed by atoms with Crippen LogP contribution in [0.3, 0.4) is 0 Å². The molecular weight excluding hydrogens is 455 g/mol. The molecule has 0 fully saturated rings. The van der Waals surface area contributed by atoms with Gasteiger partial charge in [-0.3, -0.25) is 4.79 Å². The number of carboxylic acids is 1. The third-order valence-electron chi connectivity index (χ3n) is 4.46. The molecule has 0 bridgehead atoms. The van der Waals surface area contributed by atoms with Gasteiger partial charge in [0.2, 0.25) is 0 Å². The number of hydrogen-bond acceptors (Lipinski definition) is 4. The third-order valence-corrected chi connectivity index (χ3v) is 5.46. The summed E-state index contributed by atoms with van der Waals surface area (Å²) in [6, 6.07) is 20.1. The van der Waals surface area contributed by atoms with Gasteiger partial charge in [-0.05, 0) is 67.4 Å². The fourth-order valence-electron chi connectivity index (χ4n) is 2.97. The van der Waals surface area contributed by atoms with E-state index >= 15 is 0 Å². The second-order valence-electron chi connectivity index (χ2n) is 7.23. The van der Waals surface area contributed by atoms with Crippen molar-refractivity contribution in [2.75, 3.05) is 0 Å². The van der Waals surface area contributed by atoms with Crippen LogP contribution in [0.2, 0.25) is 0 Å². The Morgan fingerprint density at radius 2 is 1.61 bits per heavy atom. The van der Waals surface area contributed by atoms with E-state index in [1.807, 2.05) is 35.6 Å². The highest BCUT2D eigenvalue weighted by Crippen LogP contribution is 2.32. The van der Waals surface area contributed by atoms with Crippen molar-refractivity contribution in [3.63, 3.8) is 0 Å². The number of alkyl halides is 3. The molecule has 3 aromatic rings. The summed E-state index contributed by atoms with van der Waals surface area (Å²) in [6.45, 7) is 1.52. The molecule has 0 unspecified atom stereocenters. The summed E-state index contributed by atoms with van der Waals surface area (Å²) in [4.78, 5) is 23.9. The van der Waals surface area contributed by atoms with Crippen LogP contribution in [0, 0.1) is 0 Å². The largest absolute Gasteiger partial charge is 0.478 e. The number of rotatable bonds is 8. The van der Waals surface area contributed by atoms with Gasteiger partial charge >= 0.3 is 18.1 Å². The van der Waals surface area contributed by atoms with E-state index in [4.69, 9.17) is 9.84 Å². The molecule has 0 aliphatic rings. The fourth-order valence-corrected chi connectivity index (χ4v) is 3.84. The molecule has 3 aromatic carbocycles. The molecule has 2 N–H and O–H groups in total. The van der Waals surface area contributed by atoms with Crippen molar-refractivity contribution in [1.82, 2.24) is 5.32 Å². The van der Waals surface area contributed by atoms with Gasteiger partial charge < -0.3 is 15.2 Å². The van der Waals surface area contributed by atoms with Crippen LogP contribution < -0.4 is 10.1 Å². The number of carbonyl (C=O) groups is 2. The lowest BCUT2D eigenvalue weighted by atomic mass is 10.1. The minimum Gasteiger partial charge on any atom is -0.478 e. The van der Waals surface area contributed by atoms with Gasteiger partial charge in [0.15, 0.2) is 0 Å². The molecule has 0 saturated carbocycles. The van der Waals surface area contributed by atoms with Crippen LogP contribution in [-0.4, -0.2) is 29.2 Å². The number of halogens is 3. The van der Waals surface area contributed by atoms with E-state index in [0.29, 0.717) is 11.5 Å². The highest BCUT2D eigenvalue weighted by molar-refractivity contribution is 7.99. The van der Waals surface area contributed by atoms with E-state index in [1.165, 1.54) is 30.8 Å². The summed E-state index contributed by atoms with van der Waals surface area (Å²) < 4.78 is 42.9. The van der Waals surface area contributed by atoms with Crippen molar-refractivity contribution in [2.45, 2.75) is 35.4 Å². The number of aromatic carboxylic acids is 1. The average molecular weight is 475 g/mol. The minimum atomic E-state index is -4.90. The highest BCUT2D eigenvalue weighted by atomic mass is 32.2. The summed E-state index contributed by atoms with van der Waals surface area (Å²) >= 11 is 1.47. The van der Waals surface area contributed by atoms with Crippen LogP contribution >= 0.6 is 11.8 Å². The van der Waals surface area contributed by atoms with Gasteiger partial charge in [0, 0.05) is 15.8 Å². The summed E-state index contributed by atoms with van der Waals surface area (Å²) in [7, 11) is 0. The molecule has 9 heteroatoms. The first kappa shape index (κ1) is 24.2. The maximum Gasteiger partial charge on any atom is 0.471 e. The number of carbonyl (C=O) groups excluding carboxylic acids is 1. The van der Waals surface area contributed by atoms with Crippen LogP contribution in [0.15, 0.2) is 82.6 Å². The van der Waals surface area contributed by atoms with E-state index in [2.05, 4.69) is 0 Å². The highest BCUT2D eigenvalue weighted by Gasteiger charge is 2.39. The van der Waals surface area contributed by atoms with E-state index in [0.717, 1.165) is 15.4 Å². The van der Waals surface area contributed by atoms with Gasteiger partial charge in [-0.2, -0.15) is 13.2 Å². The normalized spacial score (nSPS) is 12.1. The quantitative estimate of drug-likeness (QED) is 0.422. The lowest BCUT2D eigenvalue weighted by molar-refractivity contribution is -0.174. The predicted octanol–water partition coefficient (Wildman–Crippen LogP) is 5.94. The van der Waals surface area contributed by atoms with Gasteiger partial charge in [-0.25, -0.2) is 4.79 Å². The first-order valence-corrected chi connectivity index (χ1v) is 10.7. The van der Waals surface area contributed by atoms with E-state index < -0.39 is 24.1 Å². The molecule has 0 aliphatic carbocycles. The maximum atomic E-state index is 12.4. The Morgan fingerprint density at radius 1 is 0.970 bits per heavy atom. The lowest BCUT2D eigenvalue weighted by Gasteiger charge is -2.15. The number of amides is 1. The Morgan fingerprint density at radius 3 is 2.24 bits per heavy atom. The number of benzene rings is 3. The molecule has 1 amide bonds. The molecule has 3 rings (SSSR count). The second-order valence-corrected chi connectivity index (χ2v) is 8.38. The maximum absolute atomic E-state index is 12.4. The van der Waals surface area contributed by atoms with E-state index in [1.54, 1.807) is 30.3 Å². The smallest absolute Gasteiger partial charge is 0.471 e. The third kappa shape index (κ3) is 7.28. The first-order chi connectivity index (χ1) is 15.6. The molecule has 5 nitrogen and oxygen atoms in total. The van der Waals surface area contributed by atoms with Crippen molar-refractivity contribution in [3.05, 3.63) is 83.9 Å². The molecule has 0 saturated heterocycles. The summed E-state index contributed by atoms with van der Waals surface area (Å²) in [6.07, 6.45) is -4.63. The van der Waals surface area contributed by atoms with Crippen molar-refractivity contribution in [1.29, 1.82) is 0 Å². The van der Waals surface area contributed by atoms with Crippen LogP contribution in [0.25, 0.3) is 0 Å². The van der Waals surface area contributed by atoms with Crippen LogP contribution in [-0.2, 0) is 11.2 Å². The molecule has 1 atom stereocenters. The van der Waals surface area contributed by atoms with Crippen molar-refractivity contribution in [2.24, 2.45) is 0 Å². The standard InChI is InChI=1S/C24H20F3NO4S/c1-15(28-23(31)24(25,26)27)12-16-8-10-20(11-9-16)33-21-7-3-6-19(14-21)32-18-5-2-4-17(13-18)22(29)30/h2-11,13-15H,12H2,1H3,(H,28,31)(H,29,30)/t15-/m1/s1. The Hall–Kier alpha value is -3.46. The molecule has 0 heterocycles. The van der Waals surface area contributed by atoms with Gasteiger partial charge in [-0.15, -0.1) is 0 Å². The Labute approximate surface area is 192 Å². The molecule has 172 valence electrons. The molecule has 33 heavy (non-hydrogen) atoms. The first-order valence-electron chi connectivity index (χ1n) is 9.86. The Bertz CT molecular complexity index is 1130. The van der Waals surface area contributed by atoms with E-state index in [-0.39, 0.29) is 12.0 Å². The molecule has 0 aliphatic heterocycles. The monoisotopic (exact) mass is 475 g/mol. The summed E-state index contributed by atoms with van der Waals surface area (Å²) in [5, 5.41) is 11.0. The molecular formula is C24H20F3NO4S. The van der Waals surface area contributed by atoms with Gasteiger partial charge in [0.05, 0.1) is 5.56 Å². The Balaban J connectivity index is 1.61. The van der Waals surface area contributed by atoms with Crippen LogP contribution in [0.1, 0.15) is 22.8 Å². The summed E-state index contributed by atoms with van der Waals surface area (Å²) in [5.41, 5.74) is 0.926. The Kier molecular flexibility index (Phi) is 7.65.